The van der Waals surface area contributed by atoms with Crippen molar-refractivity contribution < 1.29 is 28.6 Å². The molecule has 27 heavy (non-hydrogen) atoms. The first-order valence-corrected chi connectivity index (χ1v) is 11.9. The standard InChI is InChI=1S/C20H32O6Si/c1-19(2,3)25-18(23)16(26-27(7,8)20(4,5)6)13-24-15-11-9-14(10-12-15)17(21)22/h9-12,16H,13H2,1-8H3,(H,21,22). The Morgan fingerprint density at radius 2 is 1.56 bits per heavy atom. The Balaban J connectivity index is 2.93. The van der Waals surface area contributed by atoms with Crippen LogP contribution in [0.2, 0.25) is 18.1 Å². The summed E-state index contributed by atoms with van der Waals surface area (Å²) in [4.78, 5) is 23.6. The lowest BCUT2D eigenvalue weighted by Gasteiger charge is -2.39. The van der Waals surface area contributed by atoms with Crippen LogP contribution in [0, 0.1) is 0 Å². The summed E-state index contributed by atoms with van der Waals surface area (Å²) in [5.74, 6) is -1.00. The third-order valence-electron chi connectivity index (χ3n) is 4.42. The molecule has 1 unspecified atom stereocenters. The van der Waals surface area contributed by atoms with Crippen molar-refractivity contribution in [3.63, 3.8) is 0 Å². The molecule has 0 radical (unpaired) electrons. The molecule has 0 fully saturated rings. The molecule has 0 amide bonds. The summed E-state index contributed by atoms with van der Waals surface area (Å²) in [6, 6.07) is 6.02. The van der Waals surface area contributed by atoms with Crippen LogP contribution < -0.4 is 4.74 Å². The maximum absolute atomic E-state index is 12.6. The Hall–Kier alpha value is -1.86. The van der Waals surface area contributed by atoms with E-state index in [4.69, 9.17) is 19.0 Å². The predicted molar refractivity (Wildman–Crippen MR) is 107 cm³/mol. The Morgan fingerprint density at radius 3 is 1.96 bits per heavy atom. The fraction of sp³-hybridized carbons (Fsp3) is 0.600. The van der Waals surface area contributed by atoms with Crippen molar-refractivity contribution in [1.82, 2.24) is 0 Å². The number of benzene rings is 1. The number of carbonyl (C=O) groups is 2. The molecule has 1 aromatic rings. The van der Waals surface area contributed by atoms with E-state index in [2.05, 4.69) is 33.9 Å². The van der Waals surface area contributed by atoms with Crippen LogP contribution in [0.15, 0.2) is 24.3 Å². The van der Waals surface area contributed by atoms with Crippen molar-refractivity contribution in [2.24, 2.45) is 0 Å². The normalized spacial score (nSPS) is 13.8. The molecule has 0 spiro atoms. The fourth-order valence-electron chi connectivity index (χ4n) is 1.92. The van der Waals surface area contributed by atoms with Crippen LogP contribution >= 0.6 is 0 Å². The number of rotatable bonds is 7. The first-order valence-electron chi connectivity index (χ1n) is 8.99. The minimum Gasteiger partial charge on any atom is -0.490 e. The number of esters is 1. The van der Waals surface area contributed by atoms with E-state index in [1.54, 1.807) is 32.9 Å². The summed E-state index contributed by atoms with van der Waals surface area (Å²) < 4.78 is 17.4. The van der Waals surface area contributed by atoms with Crippen LogP contribution in [-0.2, 0) is 14.0 Å². The van der Waals surface area contributed by atoms with E-state index in [0.29, 0.717) is 5.75 Å². The lowest BCUT2D eigenvalue weighted by molar-refractivity contribution is -0.165. The summed E-state index contributed by atoms with van der Waals surface area (Å²) in [6.07, 6.45) is -0.857. The van der Waals surface area contributed by atoms with Crippen LogP contribution in [0.25, 0.3) is 0 Å². The van der Waals surface area contributed by atoms with Crippen molar-refractivity contribution in [1.29, 1.82) is 0 Å². The molecule has 0 aliphatic rings. The van der Waals surface area contributed by atoms with E-state index in [-0.39, 0.29) is 17.2 Å². The summed E-state index contributed by atoms with van der Waals surface area (Å²) >= 11 is 0. The molecule has 0 bridgehead atoms. The van der Waals surface area contributed by atoms with Crippen molar-refractivity contribution in [2.45, 2.75) is 71.4 Å². The molecule has 1 aromatic carbocycles. The van der Waals surface area contributed by atoms with Gasteiger partial charge in [-0.2, -0.15) is 0 Å². The Morgan fingerprint density at radius 1 is 1.04 bits per heavy atom. The zero-order chi connectivity index (χ0) is 21.0. The Bertz CT molecular complexity index is 653. The largest absolute Gasteiger partial charge is 0.490 e. The number of hydrogen-bond acceptors (Lipinski definition) is 5. The van der Waals surface area contributed by atoms with Gasteiger partial charge >= 0.3 is 11.9 Å². The highest BCUT2D eigenvalue weighted by atomic mass is 28.4. The van der Waals surface area contributed by atoms with Crippen molar-refractivity contribution >= 4 is 20.3 Å². The number of carboxylic acid groups (broad SMARTS) is 1. The van der Waals surface area contributed by atoms with E-state index < -0.39 is 32.0 Å². The van der Waals surface area contributed by atoms with Crippen LogP contribution in [-0.4, -0.2) is 43.7 Å². The van der Waals surface area contributed by atoms with Gasteiger partial charge in [0.1, 0.15) is 18.0 Å². The molecule has 0 aliphatic heterocycles. The van der Waals surface area contributed by atoms with Gasteiger partial charge in [-0.15, -0.1) is 0 Å². The van der Waals surface area contributed by atoms with E-state index in [1.807, 2.05) is 0 Å². The zero-order valence-electron chi connectivity index (χ0n) is 17.6. The summed E-state index contributed by atoms with van der Waals surface area (Å²) in [6.45, 7) is 15.8. The third kappa shape index (κ3) is 7.34. The second kappa shape index (κ2) is 8.44. The molecular weight excluding hydrogens is 364 g/mol. The van der Waals surface area contributed by atoms with Gasteiger partial charge in [0.2, 0.25) is 0 Å². The second-order valence-corrected chi connectivity index (χ2v) is 13.8. The number of ether oxygens (including phenoxy) is 2. The van der Waals surface area contributed by atoms with Crippen LogP contribution in [0.1, 0.15) is 51.9 Å². The highest BCUT2D eigenvalue weighted by Crippen LogP contribution is 2.37. The highest BCUT2D eigenvalue weighted by molar-refractivity contribution is 6.74. The van der Waals surface area contributed by atoms with Crippen molar-refractivity contribution in [3.8, 4) is 5.75 Å². The van der Waals surface area contributed by atoms with Gasteiger partial charge in [0.15, 0.2) is 14.4 Å². The van der Waals surface area contributed by atoms with Gasteiger partial charge in [0, 0.05) is 0 Å². The predicted octanol–water partition coefficient (Wildman–Crippen LogP) is 4.50. The maximum atomic E-state index is 12.6. The summed E-state index contributed by atoms with van der Waals surface area (Å²) in [5, 5.41) is 8.89. The lowest BCUT2D eigenvalue weighted by atomic mass is 10.2. The first kappa shape index (κ1) is 23.2. The molecule has 7 heteroatoms. The number of aromatic carboxylic acids is 1. The molecule has 1 atom stereocenters. The molecule has 0 heterocycles. The molecule has 152 valence electrons. The van der Waals surface area contributed by atoms with Gasteiger partial charge < -0.3 is 19.0 Å². The minimum absolute atomic E-state index is 0.00611. The average molecular weight is 397 g/mol. The molecule has 1 N–H and O–H groups in total. The van der Waals surface area contributed by atoms with E-state index >= 15 is 0 Å². The van der Waals surface area contributed by atoms with Gasteiger partial charge in [-0.05, 0) is 63.2 Å². The lowest BCUT2D eigenvalue weighted by Crippen LogP contribution is -2.49. The highest BCUT2D eigenvalue weighted by Gasteiger charge is 2.42. The first-order chi connectivity index (χ1) is 12.1. The third-order valence-corrected chi connectivity index (χ3v) is 8.90. The number of carboxylic acids is 1. The van der Waals surface area contributed by atoms with E-state index in [1.165, 1.54) is 12.1 Å². The summed E-state index contributed by atoms with van der Waals surface area (Å²) in [5.41, 5.74) is -0.460. The average Bonchev–Trinajstić information content (AvgIpc) is 2.48. The monoisotopic (exact) mass is 396 g/mol. The molecule has 1 rings (SSSR count). The van der Waals surface area contributed by atoms with E-state index in [0.717, 1.165) is 0 Å². The Kier molecular flexibility index (Phi) is 7.24. The van der Waals surface area contributed by atoms with Crippen LogP contribution in [0.4, 0.5) is 0 Å². The second-order valence-electron chi connectivity index (χ2n) is 9.04. The van der Waals surface area contributed by atoms with Gasteiger partial charge in [0.05, 0.1) is 5.56 Å². The van der Waals surface area contributed by atoms with E-state index in [9.17, 15) is 9.59 Å². The van der Waals surface area contributed by atoms with Gasteiger partial charge in [-0.25, -0.2) is 9.59 Å². The van der Waals surface area contributed by atoms with Crippen LogP contribution in [0.5, 0.6) is 5.75 Å². The fourth-order valence-corrected chi connectivity index (χ4v) is 3.14. The molecule has 0 saturated heterocycles. The Labute approximate surface area is 163 Å². The summed E-state index contributed by atoms with van der Waals surface area (Å²) in [7, 11) is -2.23. The quantitative estimate of drug-likeness (QED) is 0.540. The molecule has 0 aliphatic carbocycles. The molecule has 0 saturated carbocycles. The number of hydrogen-bond donors (Lipinski definition) is 1. The van der Waals surface area contributed by atoms with Gasteiger partial charge in [-0.1, -0.05) is 20.8 Å². The minimum atomic E-state index is -2.23. The van der Waals surface area contributed by atoms with Crippen molar-refractivity contribution in [3.05, 3.63) is 29.8 Å². The molecule has 0 aromatic heterocycles. The molecular formula is C20H32O6Si. The molecule has 6 nitrogen and oxygen atoms in total. The number of carbonyl (C=O) groups excluding carboxylic acids is 1. The smallest absolute Gasteiger partial charge is 0.338 e. The topological polar surface area (TPSA) is 82.1 Å². The van der Waals surface area contributed by atoms with Gasteiger partial charge in [0.25, 0.3) is 0 Å². The zero-order valence-corrected chi connectivity index (χ0v) is 18.6. The maximum Gasteiger partial charge on any atom is 0.338 e. The van der Waals surface area contributed by atoms with Gasteiger partial charge in [-0.3, -0.25) is 0 Å². The van der Waals surface area contributed by atoms with Crippen LogP contribution in [0.3, 0.4) is 0 Å². The van der Waals surface area contributed by atoms with Crippen molar-refractivity contribution in [2.75, 3.05) is 6.61 Å². The SMILES string of the molecule is CC(C)(C)OC(=O)C(COc1ccc(C(=O)O)cc1)O[Si](C)(C)C(C)(C)C.